The number of ether oxygens (including phenoxy) is 1. The standard InChI is InChI=1S/C26H35N3O4/c1-25(2,3)20-11-9-19(10-12-20)23(31)29-21-13-7-18(8-14-21)17-28-22(30)15-16-27-24(32)33-26(4,5)6/h7-14H,15-17H2,1-6H3,(H,27,32)(H,28,30)(H,29,31). The van der Waals surface area contributed by atoms with Crippen LogP contribution in [0.4, 0.5) is 10.5 Å². The van der Waals surface area contributed by atoms with E-state index in [9.17, 15) is 14.4 Å². The van der Waals surface area contributed by atoms with E-state index < -0.39 is 11.7 Å². The smallest absolute Gasteiger partial charge is 0.407 e. The highest BCUT2D eigenvalue weighted by Gasteiger charge is 2.16. The maximum atomic E-state index is 12.5. The van der Waals surface area contributed by atoms with Gasteiger partial charge in [0.1, 0.15) is 5.60 Å². The molecule has 2 rings (SSSR count). The van der Waals surface area contributed by atoms with Gasteiger partial charge in [0.25, 0.3) is 5.91 Å². The quantitative estimate of drug-likeness (QED) is 0.563. The molecule has 0 aromatic heterocycles. The zero-order valence-electron chi connectivity index (χ0n) is 20.4. The van der Waals surface area contributed by atoms with Crippen LogP contribution in [0.15, 0.2) is 48.5 Å². The van der Waals surface area contributed by atoms with E-state index in [1.807, 2.05) is 36.4 Å². The van der Waals surface area contributed by atoms with E-state index in [1.165, 1.54) is 5.56 Å². The number of nitrogens with one attached hydrogen (secondary N) is 3. The lowest BCUT2D eigenvalue weighted by Gasteiger charge is -2.19. The van der Waals surface area contributed by atoms with E-state index in [-0.39, 0.29) is 30.2 Å². The van der Waals surface area contributed by atoms with Crippen molar-refractivity contribution in [2.45, 2.75) is 65.5 Å². The van der Waals surface area contributed by atoms with E-state index in [4.69, 9.17) is 4.74 Å². The molecule has 0 spiro atoms. The van der Waals surface area contributed by atoms with Crippen LogP contribution < -0.4 is 16.0 Å². The molecule has 0 saturated carbocycles. The van der Waals surface area contributed by atoms with Gasteiger partial charge >= 0.3 is 6.09 Å². The summed E-state index contributed by atoms with van der Waals surface area (Å²) in [6, 6.07) is 14.9. The molecular formula is C26H35N3O4. The van der Waals surface area contributed by atoms with Crippen LogP contribution in [-0.4, -0.2) is 30.1 Å². The average Bonchev–Trinajstić information content (AvgIpc) is 2.71. The maximum absolute atomic E-state index is 12.5. The fourth-order valence-corrected chi connectivity index (χ4v) is 2.91. The van der Waals surface area contributed by atoms with Crippen molar-refractivity contribution >= 4 is 23.6 Å². The van der Waals surface area contributed by atoms with Crippen molar-refractivity contribution in [3.05, 3.63) is 65.2 Å². The van der Waals surface area contributed by atoms with Gasteiger partial charge in [0.15, 0.2) is 0 Å². The van der Waals surface area contributed by atoms with Crippen LogP contribution in [0.25, 0.3) is 0 Å². The molecule has 0 fully saturated rings. The Morgan fingerprint density at radius 2 is 1.42 bits per heavy atom. The van der Waals surface area contributed by atoms with Crippen molar-refractivity contribution < 1.29 is 19.1 Å². The molecule has 0 saturated heterocycles. The van der Waals surface area contributed by atoms with E-state index in [1.54, 1.807) is 32.9 Å². The van der Waals surface area contributed by atoms with E-state index in [0.717, 1.165) is 5.56 Å². The van der Waals surface area contributed by atoms with Gasteiger partial charge in [-0.15, -0.1) is 0 Å². The molecule has 2 aromatic rings. The third-order valence-corrected chi connectivity index (χ3v) is 4.73. The summed E-state index contributed by atoms with van der Waals surface area (Å²) in [5.41, 5.74) is 2.81. The van der Waals surface area contributed by atoms with Crippen molar-refractivity contribution in [3.63, 3.8) is 0 Å². The molecule has 33 heavy (non-hydrogen) atoms. The van der Waals surface area contributed by atoms with Gasteiger partial charge in [-0.3, -0.25) is 9.59 Å². The van der Waals surface area contributed by atoms with E-state index >= 15 is 0 Å². The molecule has 3 N–H and O–H groups in total. The number of hydrogen-bond acceptors (Lipinski definition) is 4. The van der Waals surface area contributed by atoms with Crippen LogP contribution in [0, 0.1) is 0 Å². The fourth-order valence-electron chi connectivity index (χ4n) is 2.91. The average molecular weight is 454 g/mol. The Labute approximate surface area is 196 Å². The molecule has 0 aliphatic rings. The topological polar surface area (TPSA) is 96.5 Å². The van der Waals surface area contributed by atoms with Gasteiger partial charge in [0, 0.05) is 30.8 Å². The second-order valence-corrected chi connectivity index (χ2v) is 9.93. The third kappa shape index (κ3) is 9.35. The van der Waals surface area contributed by atoms with Crippen molar-refractivity contribution in [1.29, 1.82) is 0 Å². The summed E-state index contributed by atoms with van der Waals surface area (Å²) < 4.78 is 5.12. The lowest BCUT2D eigenvalue weighted by molar-refractivity contribution is -0.121. The molecule has 2 aromatic carbocycles. The number of hydrogen-bond donors (Lipinski definition) is 3. The molecule has 178 valence electrons. The Kier molecular flexibility index (Phi) is 8.63. The molecule has 0 heterocycles. The van der Waals surface area contributed by atoms with Gasteiger partial charge in [0.05, 0.1) is 0 Å². The van der Waals surface area contributed by atoms with Gasteiger partial charge in [0.2, 0.25) is 5.91 Å². The summed E-state index contributed by atoms with van der Waals surface area (Å²) in [5, 5.41) is 8.25. The summed E-state index contributed by atoms with van der Waals surface area (Å²) in [6.07, 6.45) is -0.389. The lowest BCUT2D eigenvalue weighted by Crippen LogP contribution is -2.35. The zero-order valence-corrected chi connectivity index (χ0v) is 20.4. The van der Waals surface area contributed by atoms with Crippen LogP contribution in [0.5, 0.6) is 0 Å². The molecule has 7 nitrogen and oxygen atoms in total. The van der Waals surface area contributed by atoms with Gasteiger partial charge in [-0.25, -0.2) is 4.79 Å². The SMILES string of the molecule is CC(C)(C)OC(=O)NCCC(=O)NCc1ccc(NC(=O)c2ccc(C(C)(C)C)cc2)cc1. The van der Waals surface area contributed by atoms with Crippen molar-refractivity contribution in [1.82, 2.24) is 10.6 Å². The van der Waals surface area contributed by atoms with Crippen LogP contribution in [0.2, 0.25) is 0 Å². The lowest BCUT2D eigenvalue weighted by atomic mass is 9.87. The zero-order chi connectivity index (χ0) is 24.6. The van der Waals surface area contributed by atoms with Crippen LogP contribution in [0.1, 0.15) is 69.4 Å². The number of amides is 3. The predicted octanol–water partition coefficient (Wildman–Crippen LogP) is 4.77. The molecule has 0 aliphatic carbocycles. The monoisotopic (exact) mass is 453 g/mol. The molecule has 0 radical (unpaired) electrons. The summed E-state index contributed by atoms with van der Waals surface area (Å²) in [4.78, 5) is 36.0. The van der Waals surface area contributed by atoms with Crippen molar-refractivity contribution in [2.75, 3.05) is 11.9 Å². The third-order valence-electron chi connectivity index (χ3n) is 4.73. The Balaban J connectivity index is 1.76. The fraction of sp³-hybridized carbons (Fsp3) is 0.423. The first-order valence-electron chi connectivity index (χ1n) is 11.1. The number of carbonyl (C=O) groups is 3. The maximum Gasteiger partial charge on any atom is 0.407 e. The predicted molar refractivity (Wildman–Crippen MR) is 130 cm³/mol. The van der Waals surface area contributed by atoms with Crippen molar-refractivity contribution in [3.8, 4) is 0 Å². The molecule has 0 unspecified atom stereocenters. The molecular weight excluding hydrogens is 418 g/mol. The Bertz CT molecular complexity index is 953. The number of benzene rings is 2. The van der Waals surface area contributed by atoms with Crippen LogP contribution in [0.3, 0.4) is 0 Å². The Morgan fingerprint density at radius 3 is 1.97 bits per heavy atom. The van der Waals surface area contributed by atoms with Crippen molar-refractivity contribution in [2.24, 2.45) is 0 Å². The summed E-state index contributed by atoms with van der Waals surface area (Å²) in [5.74, 6) is -0.351. The summed E-state index contributed by atoms with van der Waals surface area (Å²) >= 11 is 0. The second kappa shape index (κ2) is 11.0. The highest BCUT2D eigenvalue weighted by atomic mass is 16.6. The summed E-state index contributed by atoms with van der Waals surface area (Å²) in [6.45, 7) is 12.3. The Hall–Kier alpha value is -3.35. The number of anilines is 1. The molecule has 0 atom stereocenters. The number of alkyl carbamates (subject to hydrolysis) is 1. The van der Waals surface area contributed by atoms with Gasteiger partial charge in [-0.05, 0) is 61.6 Å². The van der Waals surface area contributed by atoms with Gasteiger partial charge < -0.3 is 20.7 Å². The minimum Gasteiger partial charge on any atom is -0.444 e. The van der Waals surface area contributed by atoms with Crippen LogP contribution >= 0.6 is 0 Å². The summed E-state index contributed by atoms with van der Waals surface area (Å²) in [7, 11) is 0. The van der Waals surface area contributed by atoms with E-state index in [2.05, 4.69) is 36.7 Å². The first-order valence-corrected chi connectivity index (χ1v) is 11.1. The molecule has 3 amide bonds. The molecule has 0 aliphatic heterocycles. The molecule has 0 bridgehead atoms. The largest absolute Gasteiger partial charge is 0.444 e. The van der Waals surface area contributed by atoms with Gasteiger partial charge in [-0.2, -0.15) is 0 Å². The van der Waals surface area contributed by atoms with Crippen LogP contribution in [-0.2, 0) is 21.5 Å². The molecule has 7 heteroatoms. The Morgan fingerprint density at radius 1 is 0.818 bits per heavy atom. The van der Waals surface area contributed by atoms with Gasteiger partial charge in [-0.1, -0.05) is 45.0 Å². The first-order chi connectivity index (χ1) is 15.3. The second-order valence-electron chi connectivity index (χ2n) is 9.93. The minimum absolute atomic E-state index is 0.0366. The number of rotatable bonds is 7. The van der Waals surface area contributed by atoms with E-state index in [0.29, 0.717) is 17.8 Å². The number of carbonyl (C=O) groups excluding carboxylic acids is 3. The normalized spacial score (nSPS) is 11.5. The highest BCUT2D eigenvalue weighted by molar-refractivity contribution is 6.04. The minimum atomic E-state index is -0.575. The first kappa shape index (κ1) is 25.9. The highest BCUT2D eigenvalue weighted by Crippen LogP contribution is 2.22.